The van der Waals surface area contributed by atoms with Crippen molar-refractivity contribution in [3.05, 3.63) is 46.6 Å². The lowest BCUT2D eigenvalue weighted by Crippen LogP contribution is -1.88. The number of rotatable bonds is 4. The van der Waals surface area contributed by atoms with Gasteiger partial charge in [-0.1, -0.05) is 29.4 Å². The topological polar surface area (TPSA) is 51.8 Å². The number of hydrogen-bond acceptors (Lipinski definition) is 7. The van der Waals surface area contributed by atoms with Crippen LogP contribution in [-0.4, -0.2) is 15.2 Å². The molecule has 0 amide bonds. The van der Waals surface area contributed by atoms with Gasteiger partial charge >= 0.3 is 0 Å². The van der Waals surface area contributed by atoms with Crippen LogP contribution < -0.4 is 0 Å². The molecule has 8 heteroatoms. The average molecular weight is 380 g/mol. The minimum Gasteiger partial charge on any atom is -0.419 e. The number of hydrogen-bond donors (Lipinski definition) is 0. The summed E-state index contributed by atoms with van der Waals surface area (Å²) >= 11 is 10.8. The molecule has 0 aliphatic rings. The molecule has 0 aliphatic heterocycles. The third-order valence-corrected chi connectivity index (χ3v) is 6.44. The first-order chi connectivity index (χ1) is 11.2. The van der Waals surface area contributed by atoms with E-state index in [0.717, 1.165) is 19.4 Å². The molecule has 0 spiro atoms. The van der Waals surface area contributed by atoms with Gasteiger partial charge in [0.15, 0.2) is 4.34 Å². The van der Waals surface area contributed by atoms with E-state index in [2.05, 4.69) is 15.2 Å². The summed E-state index contributed by atoms with van der Waals surface area (Å²) in [7, 11) is 0. The number of thioether (sulfide) groups is 1. The molecular weight excluding hydrogens is 370 g/mol. The van der Waals surface area contributed by atoms with Gasteiger partial charge in [0.2, 0.25) is 5.89 Å². The minimum atomic E-state index is 0.0345. The van der Waals surface area contributed by atoms with Crippen molar-refractivity contribution in [3.63, 3.8) is 0 Å². The van der Waals surface area contributed by atoms with E-state index in [-0.39, 0.29) is 5.25 Å². The first-order valence-electron chi connectivity index (χ1n) is 6.79. The van der Waals surface area contributed by atoms with E-state index in [9.17, 15) is 0 Å². The molecule has 4 aromatic rings. The maximum Gasteiger partial charge on any atom is 0.257 e. The van der Waals surface area contributed by atoms with Crippen molar-refractivity contribution in [1.82, 2.24) is 15.2 Å². The van der Waals surface area contributed by atoms with Gasteiger partial charge in [-0.15, -0.1) is 32.9 Å². The second kappa shape index (κ2) is 6.24. The Morgan fingerprint density at radius 3 is 3.00 bits per heavy atom. The number of nitrogens with zero attached hydrogens (tertiary/aromatic N) is 3. The highest BCUT2D eigenvalue weighted by Crippen LogP contribution is 2.39. The third kappa shape index (κ3) is 3.14. The molecule has 0 bridgehead atoms. The molecule has 1 atom stereocenters. The van der Waals surface area contributed by atoms with Crippen LogP contribution in [0, 0.1) is 0 Å². The van der Waals surface area contributed by atoms with Crippen LogP contribution in [0.4, 0.5) is 0 Å². The van der Waals surface area contributed by atoms with Crippen molar-refractivity contribution >= 4 is 56.3 Å². The molecule has 0 aliphatic carbocycles. The second-order valence-corrected chi connectivity index (χ2v) is 8.78. The summed E-state index contributed by atoms with van der Waals surface area (Å²) in [6.45, 7) is 2.04. The Hall–Kier alpha value is -1.41. The molecule has 4 nitrogen and oxygen atoms in total. The smallest absolute Gasteiger partial charge is 0.257 e. The predicted octanol–water partition coefficient (Wildman–Crippen LogP) is 5.91. The van der Waals surface area contributed by atoms with Gasteiger partial charge in [0.05, 0.1) is 20.3 Å². The van der Waals surface area contributed by atoms with Crippen molar-refractivity contribution in [1.29, 1.82) is 0 Å². The highest BCUT2D eigenvalue weighted by molar-refractivity contribution is 8.01. The van der Waals surface area contributed by atoms with Gasteiger partial charge in [-0.05, 0) is 36.6 Å². The van der Waals surface area contributed by atoms with Crippen molar-refractivity contribution in [2.75, 3.05) is 0 Å². The van der Waals surface area contributed by atoms with E-state index in [1.54, 1.807) is 34.4 Å². The van der Waals surface area contributed by atoms with Crippen LogP contribution in [-0.2, 0) is 0 Å². The van der Waals surface area contributed by atoms with E-state index >= 15 is 0 Å². The molecule has 0 radical (unpaired) electrons. The van der Waals surface area contributed by atoms with Crippen LogP contribution in [0.5, 0.6) is 0 Å². The Balaban J connectivity index is 1.55. The van der Waals surface area contributed by atoms with Gasteiger partial charge in [-0.3, -0.25) is 0 Å². The Kier molecular flexibility index (Phi) is 4.11. The van der Waals surface area contributed by atoms with Crippen LogP contribution in [0.3, 0.4) is 0 Å². The van der Waals surface area contributed by atoms with Crippen LogP contribution >= 0.6 is 46.0 Å². The average Bonchev–Trinajstić information content (AvgIpc) is 3.26. The van der Waals surface area contributed by atoms with Crippen LogP contribution in [0.15, 0.2) is 44.5 Å². The van der Waals surface area contributed by atoms with E-state index in [1.165, 1.54) is 0 Å². The standard InChI is InChI=1S/C15H10ClN3OS3/c1-8(13-18-19-14(20-13)12-3-2-6-21-12)22-15-17-10-7-9(16)4-5-11(10)23-15/h2-8H,1H3/t8-/m1/s1. The van der Waals surface area contributed by atoms with Gasteiger partial charge in [0.25, 0.3) is 5.89 Å². The molecular formula is C15H10ClN3OS3. The molecule has 0 N–H and O–H groups in total. The molecule has 3 aromatic heterocycles. The summed E-state index contributed by atoms with van der Waals surface area (Å²) in [6.07, 6.45) is 0. The summed E-state index contributed by atoms with van der Waals surface area (Å²) in [5.41, 5.74) is 0.919. The Bertz CT molecular complexity index is 948. The maximum atomic E-state index is 6.01. The number of halogens is 1. The van der Waals surface area contributed by atoms with Crippen molar-refractivity contribution in [2.45, 2.75) is 16.5 Å². The maximum absolute atomic E-state index is 6.01. The van der Waals surface area contributed by atoms with Crippen LogP contribution in [0.25, 0.3) is 21.0 Å². The Morgan fingerprint density at radius 1 is 1.26 bits per heavy atom. The summed E-state index contributed by atoms with van der Waals surface area (Å²) in [4.78, 5) is 5.59. The molecule has 116 valence electrons. The molecule has 23 heavy (non-hydrogen) atoms. The van der Waals surface area contributed by atoms with Gasteiger partial charge in [-0.25, -0.2) is 4.98 Å². The van der Waals surface area contributed by atoms with Crippen molar-refractivity contribution in [3.8, 4) is 10.8 Å². The van der Waals surface area contributed by atoms with E-state index in [0.29, 0.717) is 16.8 Å². The fourth-order valence-electron chi connectivity index (χ4n) is 2.03. The number of thiazole rings is 1. The lowest BCUT2D eigenvalue weighted by molar-refractivity contribution is 0.510. The summed E-state index contributed by atoms with van der Waals surface area (Å²) < 4.78 is 7.86. The Labute approximate surface area is 149 Å². The van der Waals surface area contributed by atoms with Crippen molar-refractivity contribution < 1.29 is 4.42 Å². The molecule has 0 saturated carbocycles. The summed E-state index contributed by atoms with van der Waals surface area (Å²) in [5.74, 6) is 1.18. The molecule has 0 unspecified atom stereocenters. The van der Waals surface area contributed by atoms with E-state index in [1.807, 2.05) is 42.6 Å². The first kappa shape index (κ1) is 15.1. The predicted molar refractivity (Wildman–Crippen MR) is 96.5 cm³/mol. The summed E-state index contributed by atoms with van der Waals surface area (Å²) in [5, 5.41) is 11.0. The van der Waals surface area contributed by atoms with Crippen molar-refractivity contribution in [2.24, 2.45) is 0 Å². The molecule has 1 aromatic carbocycles. The minimum absolute atomic E-state index is 0.0345. The number of thiophene rings is 1. The normalized spacial score (nSPS) is 12.8. The lowest BCUT2D eigenvalue weighted by Gasteiger charge is -2.02. The van der Waals surface area contributed by atoms with Crippen LogP contribution in [0.1, 0.15) is 18.1 Å². The zero-order valence-corrected chi connectivity index (χ0v) is 15.1. The second-order valence-electron chi connectivity index (χ2n) is 4.77. The highest BCUT2D eigenvalue weighted by atomic mass is 35.5. The van der Waals surface area contributed by atoms with E-state index in [4.69, 9.17) is 16.0 Å². The monoisotopic (exact) mass is 379 g/mol. The molecule has 4 rings (SSSR count). The summed E-state index contributed by atoms with van der Waals surface area (Å²) in [6, 6.07) is 9.69. The van der Waals surface area contributed by atoms with Gasteiger partial charge in [-0.2, -0.15) is 0 Å². The van der Waals surface area contributed by atoms with E-state index < -0.39 is 0 Å². The quantitative estimate of drug-likeness (QED) is 0.412. The zero-order chi connectivity index (χ0) is 15.8. The zero-order valence-electron chi connectivity index (χ0n) is 11.9. The highest BCUT2D eigenvalue weighted by Gasteiger charge is 2.18. The molecule has 0 fully saturated rings. The molecule has 3 heterocycles. The number of aromatic nitrogens is 3. The largest absolute Gasteiger partial charge is 0.419 e. The van der Waals surface area contributed by atoms with Gasteiger partial charge < -0.3 is 4.42 Å². The first-order valence-corrected chi connectivity index (χ1v) is 9.74. The fourth-order valence-corrected chi connectivity index (χ4v) is 5.06. The SMILES string of the molecule is C[C@@H](Sc1nc2cc(Cl)ccc2s1)c1nnc(-c2cccs2)o1. The van der Waals surface area contributed by atoms with Gasteiger partial charge in [0, 0.05) is 5.02 Å². The number of benzene rings is 1. The van der Waals surface area contributed by atoms with Crippen LogP contribution in [0.2, 0.25) is 5.02 Å². The Morgan fingerprint density at radius 2 is 2.17 bits per heavy atom. The number of fused-ring (bicyclic) bond motifs is 1. The third-order valence-electron chi connectivity index (χ3n) is 3.13. The lowest BCUT2D eigenvalue weighted by atomic mass is 10.3. The molecule has 0 saturated heterocycles. The fraction of sp³-hybridized carbons (Fsp3) is 0.133. The van der Waals surface area contributed by atoms with Gasteiger partial charge in [0.1, 0.15) is 0 Å².